The average molecular weight is 219 g/mol. The molecule has 16 heavy (non-hydrogen) atoms. The molecule has 4 heteroatoms. The summed E-state index contributed by atoms with van der Waals surface area (Å²) in [4.78, 5) is 16.0. The van der Waals surface area contributed by atoms with Crippen molar-refractivity contribution >= 4 is 11.6 Å². The Balaban J connectivity index is 2.08. The van der Waals surface area contributed by atoms with Crippen LogP contribution in [0.3, 0.4) is 0 Å². The maximum Gasteiger partial charge on any atom is 0.255 e. The quantitative estimate of drug-likeness (QED) is 0.794. The van der Waals surface area contributed by atoms with Crippen LogP contribution in [0.25, 0.3) is 0 Å². The van der Waals surface area contributed by atoms with E-state index in [0.717, 1.165) is 18.5 Å². The van der Waals surface area contributed by atoms with Crippen LogP contribution < -0.4 is 11.1 Å². The van der Waals surface area contributed by atoms with Crippen molar-refractivity contribution in [3.63, 3.8) is 0 Å². The Labute approximate surface area is 95.3 Å². The van der Waals surface area contributed by atoms with Crippen molar-refractivity contribution in [2.75, 3.05) is 5.73 Å². The molecule has 0 aliphatic heterocycles. The van der Waals surface area contributed by atoms with Crippen molar-refractivity contribution in [1.29, 1.82) is 0 Å². The van der Waals surface area contributed by atoms with Gasteiger partial charge in [-0.3, -0.25) is 9.78 Å². The number of pyridine rings is 1. The van der Waals surface area contributed by atoms with Crippen LogP contribution in [0.4, 0.5) is 5.69 Å². The number of nitrogens with one attached hydrogen (secondary N) is 1. The molecule has 0 unspecified atom stereocenters. The number of amides is 1. The van der Waals surface area contributed by atoms with E-state index < -0.39 is 0 Å². The van der Waals surface area contributed by atoms with Crippen LogP contribution in [-0.4, -0.2) is 16.9 Å². The predicted molar refractivity (Wildman–Crippen MR) is 63.1 cm³/mol. The molecule has 3 N–H and O–H groups in total. The molecule has 2 rings (SSSR count). The second-order valence-electron chi connectivity index (χ2n) is 4.37. The summed E-state index contributed by atoms with van der Waals surface area (Å²) in [6.07, 6.45) is 6.10. The molecular formula is C12H17N3O. The largest absolute Gasteiger partial charge is 0.398 e. The van der Waals surface area contributed by atoms with Crippen molar-refractivity contribution in [3.8, 4) is 0 Å². The average Bonchev–Trinajstić information content (AvgIpc) is 2.70. The number of aryl methyl sites for hydroxylation is 1. The fraction of sp³-hybridized carbons (Fsp3) is 0.500. The van der Waals surface area contributed by atoms with Gasteiger partial charge in [0.05, 0.1) is 5.56 Å². The van der Waals surface area contributed by atoms with E-state index in [1.807, 2.05) is 6.92 Å². The third-order valence-electron chi connectivity index (χ3n) is 3.01. The highest BCUT2D eigenvalue weighted by Gasteiger charge is 2.19. The Morgan fingerprint density at radius 1 is 1.50 bits per heavy atom. The second-order valence-corrected chi connectivity index (χ2v) is 4.37. The van der Waals surface area contributed by atoms with Gasteiger partial charge in [0.25, 0.3) is 5.91 Å². The van der Waals surface area contributed by atoms with E-state index in [2.05, 4.69) is 10.3 Å². The summed E-state index contributed by atoms with van der Waals surface area (Å²) >= 11 is 0. The summed E-state index contributed by atoms with van der Waals surface area (Å²) in [5.74, 6) is -0.100. The van der Waals surface area contributed by atoms with Gasteiger partial charge in [0.15, 0.2) is 0 Å². The van der Waals surface area contributed by atoms with E-state index >= 15 is 0 Å². The molecule has 1 heterocycles. The van der Waals surface area contributed by atoms with Crippen LogP contribution in [0, 0.1) is 6.92 Å². The first-order chi connectivity index (χ1) is 7.66. The molecule has 1 aliphatic carbocycles. The number of carbonyl (C=O) groups excluding carboxylic acids is 1. The molecule has 1 aliphatic rings. The van der Waals surface area contributed by atoms with Gasteiger partial charge in [-0.1, -0.05) is 12.8 Å². The number of hydrogen-bond acceptors (Lipinski definition) is 3. The molecule has 0 aromatic carbocycles. The summed E-state index contributed by atoms with van der Waals surface area (Å²) in [6, 6.07) is 2.04. The molecule has 1 saturated carbocycles. The molecule has 1 fully saturated rings. The number of aromatic nitrogens is 1. The highest BCUT2D eigenvalue weighted by molar-refractivity contribution is 5.98. The smallest absolute Gasteiger partial charge is 0.255 e. The zero-order valence-corrected chi connectivity index (χ0v) is 9.49. The van der Waals surface area contributed by atoms with Crippen molar-refractivity contribution in [2.24, 2.45) is 0 Å². The third kappa shape index (κ3) is 2.32. The molecule has 0 radical (unpaired) electrons. The van der Waals surface area contributed by atoms with Crippen LogP contribution in [0.5, 0.6) is 0 Å². The fourth-order valence-corrected chi connectivity index (χ4v) is 2.10. The molecule has 1 amide bonds. The second kappa shape index (κ2) is 4.51. The lowest BCUT2D eigenvalue weighted by Gasteiger charge is -2.12. The maximum absolute atomic E-state index is 11.9. The SMILES string of the molecule is Cc1cc(N)c(C(=O)NC2CCCC2)cn1. The number of nitrogens with zero attached hydrogens (tertiary/aromatic N) is 1. The van der Waals surface area contributed by atoms with Gasteiger partial charge >= 0.3 is 0 Å². The third-order valence-corrected chi connectivity index (χ3v) is 3.01. The van der Waals surface area contributed by atoms with Gasteiger partial charge in [0.2, 0.25) is 0 Å². The molecule has 0 spiro atoms. The van der Waals surface area contributed by atoms with Gasteiger partial charge in [0.1, 0.15) is 0 Å². The monoisotopic (exact) mass is 219 g/mol. The highest BCUT2D eigenvalue weighted by atomic mass is 16.1. The number of hydrogen-bond donors (Lipinski definition) is 2. The fourth-order valence-electron chi connectivity index (χ4n) is 2.10. The summed E-state index contributed by atoms with van der Waals surface area (Å²) in [5, 5.41) is 3.00. The normalized spacial score (nSPS) is 16.3. The maximum atomic E-state index is 11.9. The minimum absolute atomic E-state index is 0.100. The standard InChI is InChI=1S/C12H17N3O/c1-8-6-11(13)10(7-14-8)12(16)15-9-4-2-3-5-9/h6-7,9H,2-5H2,1H3,(H2,13,14)(H,15,16). The first-order valence-corrected chi connectivity index (χ1v) is 5.70. The Hall–Kier alpha value is -1.58. The first kappa shape index (κ1) is 10.9. The zero-order chi connectivity index (χ0) is 11.5. The number of carbonyl (C=O) groups is 1. The summed E-state index contributed by atoms with van der Waals surface area (Å²) in [5.41, 5.74) is 7.61. The molecule has 0 bridgehead atoms. The molecule has 4 nitrogen and oxygen atoms in total. The van der Waals surface area contributed by atoms with E-state index in [1.165, 1.54) is 12.8 Å². The van der Waals surface area contributed by atoms with E-state index in [-0.39, 0.29) is 5.91 Å². The van der Waals surface area contributed by atoms with E-state index in [4.69, 9.17) is 5.73 Å². The van der Waals surface area contributed by atoms with E-state index in [9.17, 15) is 4.79 Å². The minimum atomic E-state index is -0.100. The lowest BCUT2D eigenvalue weighted by atomic mass is 10.1. The predicted octanol–water partition coefficient (Wildman–Crippen LogP) is 1.64. The number of rotatable bonds is 2. The molecule has 0 atom stereocenters. The summed E-state index contributed by atoms with van der Waals surface area (Å²) < 4.78 is 0. The summed E-state index contributed by atoms with van der Waals surface area (Å²) in [7, 11) is 0. The van der Waals surface area contributed by atoms with Gasteiger partial charge in [-0.25, -0.2) is 0 Å². The van der Waals surface area contributed by atoms with Crippen molar-refractivity contribution in [1.82, 2.24) is 10.3 Å². The van der Waals surface area contributed by atoms with Crippen LogP contribution in [0.1, 0.15) is 41.7 Å². The summed E-state index contributed by atoms with van der Waals surface area (Å²) in [6.45, 7) is 1.86. The molecule has 1 aromatic heterocycles. The zero-order valence-electron chi connectivity index (χ0n) is 9.49. The van der Waals surface area contributed by atoms with Gasteiger partial charge in [0, 0.05) is 23.6 Å². The van der Waals surface area contributed by atoms with Crippen molar-refractivity contribution in [3.05, 3.63) is 23.5 Å². The van der Waals surface area contributed by atoms with Crippen LogP contribution >= 0.6 is 0 Å². The van der Waals surface area contributed by atoms with Crippen LogP contribution in [0.2, 0.25) is 0 Å². The Morgan fingerprint density at radius 2 is 2.19 bits per heavy atom. The van der Waals surface area contributed by atoms with Crippen molar-refractivity contribution in [2.45, 2.75) is 38.6 Å². The molecule has 1 aromatic rings. The molecule has 0 saturated heterocycles. The minimum Gasteiger partial charge on any atom is -0.398 e. The number of nitrogens with two attached hydrogens (primary N) is 1. The number of anilines is 1. The molecule has 86 valence electrons. The van der Waals surface area contributed by atoms with Crippen LogP contribution in [-0.2, 0) is 0 Å². The van der Waals surface area contributed by atoms with Gasteiger partial charge in [-0.2, -0.15) is 0 Å². The number of nitrogen functional groups attached to an aromatic ring is 1. The van der Waals surface area contributed by atoms with Gasteiger partial charge in [-0.15, -0.1) is 0 Å². The van der Waals surface area contributed by atoms with E-state index in [1.54, 1.807) is 12.3 Å². The lowest BCUT2D eigenvalue weighted by Crippen LogP contribution is -2.33. The Kier molecular flexibility index (Phi) is 3.08. The molecular weight excluding hydrogens is 202 g/mol. The topological polar surface area (TPSA) is 68.0 Å². The Morgan fingerprint density at radius 3 is 2.81 bits per heavy atom. The highest BCUT2D eigenvalue weighted by Crippen LogP contribution is 2.19. The van der Waals surface area contributed by atoms with E-state index in [0.29, 0.717) is 17.3 Å². The van der Waals surface area contributed by atoms with Crippen LogP contribution in [0.15, 0.2) is 12.3 Å². The first-order valence-electron chi connectivity index (χ1n) is 5.70. The van der Waals surface area contributed by atoms with Crippen molar-refractivity contribution < 1.29 is 4.79 Å². The van der Waals surface area contributed by atoms with Gasteiger partial charge in [-0.05, 0) is 25.8 Å². The lowest BCUT2D eigenvalue weighted by molar-refractivity contribution is 0.0938. The Bertz CT molecular complexity index is 397. The van der Waals surface area contributed by atoms with Gasteiger partial charge < -0.3 is 11.1 Å².